The first-order valence-corrected chi connectivity index (χ1v) is 8.20. The summed E-state index contributed by atoms with van der Waals surface area (Å²) in [6.45, 7) is 5.17. The summed E-state index contributed by atoms with van der Waals surface area (Å²) in [5.74, 6) is 0. The van der Waals surface area contributed by atoms with Crippen molar-refractivity contribution in [2.75, 3.05) is 11.9 Å². The maximum absolute atomic E-state index is 4.80. The van der Waals surface area contributed by atoms with Gasteiger partial charge in [-0.2, -0.15) is 5.10 Å². The summed E-state index contributed by atoms with van der Waals surface area (Å²) >= 11 is 3.56. The molecule has 0 saturated heterocycles. The minimum Gasteiger partial charge on any atom is -0.294 e. The zero-order valence-electron chi connectivity index (χ0n) is 11.3. The number of hydrogen-bond acceptors (Lipinski definition) is 2. The van der Waals surface area contributed by atoms with E-state index in [9.17, 15) is 0 Å². The monoisotopic (exact) mass is 321 g/mol. The number of aromatic nitrogens is 2. The summed E-state index contributed by atoms with van der Waals surface area (Å²) in [5, 5.41) is 7.15. The van der Waals surface area contributed by atoms with Crippen molar-refractivity contribution in [3.8, 4) is 0 Å². The molecule has 3 nitrogen and oxygen atoms in total. The SMILES string of the molecule is CCn1nc(CN(CCBr)C2CC2)c2ccccc21. The van der Waals surface area contributed by atoms with Crippen LogP contribution >= 0.6 is 15.9 Å². The van der Waals surface area contributed by atoms with Crippen LogP contribution in [0.25, 0.3) is 10.9 Å². The Morgan fingerprint density at radius 1 is 1.37 bits per heavy atom. The van der Waals surface area contributed by atoms with Gasteiger partial charge in [-0.15, -0.1) is 0 Å². The lowest BCUT2D eigenvalue weighted by Crippen LogP contribution is -2.27. The lowest BCUT2D eigenvalue weighted by atomic mass is 10.2. The Morgan fingerprint density at radius 3 is 2.84 bits per heavy atom. The standard InChI is InChI=1S/C15H20BrN3/c1-2-19-15-6-4-3-5-13(15)14(17-19)11-18(10-9-16)12-7-8-12/h3-6,12H,2,7-11H2,1H3. The first-order chi connectivity index (χ1) is 9.33. The average molecular weight is 322 g/mol. The highest BCUT2D eigenvalue weighted by molar-refractivity contribution is 9.09. The van der Waals surface area contributed by atoms with Gasteiger partial charge in [0.15, 0.2) is 0 Å². The highest BCUT2D eigenvalue weighted by Crippen LogP contribution is 2.29. The lowest BCUT2D eigenvalue weighted by Gasteiger charge is -2.19. The fourth-order valence-corrected chi connectivity index (χ4v) is 3.14. The summed E-state index contributed by atoms with van der Waals surface area (Å²) in [4.78, 5) is 2.56. The van der Waals surface area contributed by atoms with Crippen molar-refractivity contribution in [2.24, 2.45) is 0 Å². The number of hydrogen-bond donors (Lipinski definition) is 0. The summed E-state index contributed by atoms with van der Waals surface area (Å²) in [6.07, 6.45) is 2.69. The number of alkyl halides is 1. The summed E-state index contributed by atoms with van der Waals surface area (Å²) in [6, 6.07) is 9.35. The molecule has 1 aromatic carbocycles. The van der Waals surface area contributed by atoms with E-state index in [0.29, 0.717) is 0 Å². The van der Waals surface area contributed by atoms with Crippen molar-refractivity contribution in [3.05, 3.63) is 30.0 Å². The van der Waals surface area contributed by atoms with Crippen molar-refractivity contribution in [3.63, 3.8) is 0 Å². The van der Waals surface area contributed by atoms with E-state index < -0.39 is 0 Å². The van der Waals surface area contributed by atoms with Crippen LogP contribution in [-0.2, 0) is 13.1 Å². The normalized spacial score (nSPS) is 15.5. The quantitative estimate of drug-likeness (QED) is 0.760. The van der Waals surface area contributed by atoms with Crippen LogP contribution in [0.1, 0.15) is 25.5 Å². The molecule has 3 rings (SSSR count). The van der Waals surface area contributed by atoms with Crippen molar-refractivity contribution in [1.82, 2.24) is 14.7 Å². The Kier molecular flexibility index (Phi) is 3.89. The van der Waals surface area contributed by atoms with Crippen molar-refractivity contribution in [2.45, 2.75) is 38.9 Å². The Hall–Kier alpha value is -0.870. The zero-order chi connectivity index (χ0) is 13.2. The molecular formula is C15H20BrN3. The van der Waals surface area contributed by atoms with Gasteiger partial charge in [0, 0.05) is 36.4 Å². The van der Waals surface area contributed by atoms with Gasteiger partial charge in [-0.1, -0.05) is 34.1 Å². The molecule has 0 unspecified atom stereocenters. The van der Waals surface area contributed by atoms with Crippen LogP contribution in [0, 0.1) is 0 Å². The van der Waals surface area contributed by atoms with E-state index in [-0.39, 0.29) is 0 Å². The molecule has 102 valence electrons. The molecule has 1 aliphatic carbocycles. The summed E-state index contributed by atoms with van der Waals surface area (Å²) < 4.78 is 2.11. The third-order valence-electron chi connectivity index (χ3n) is 3.82. The van der Waals surface area contributed by atoms with Crippen LogP contribution in [0.15, 0.2) is 24.3 Å². The number of nitrogens with zero attached hydrogens (tertiary/aromatic N) is 3. The van der Waals surface area contributed by atoms with Crippen LogP contribution < -0.4 is 0 Å². The molecule has 19 heavy (non-hydrogen) atoms. The zero-order valence-corrected chi connectivity index (χ0v) is 12.9. The highest BCUT2D eigenvalue weighted by atomic mass is 79.9. The predicted molar refractivity (Wildman–Crippen MR) is 82.6 cm³/mol. The van der Waals surface area contributed by atoms with Gasteiger partial charge in [-0.25, -0.2) is 0 Å². The number of aryl methyl sites for hydroxylation is 1. The molecule has 1 aromatic heterocycles. The molecule has 0 atom stereocenters. The number of rotatable bonds is 6. The van der Waals surface area contributed by atoms with Crippen LogP contribution in [0.5, 0.6) is 0 Å². The molecule has 1 saturated carbocycles. The minimum atomic E-state index is 0.781. The van der Waals surface area contributed by atoms with Crippen LogP contribution in [-0.4, -0.2) is 32.6 Å². The van der Waals surface area contributed by atoms with Crippen LogP contribution in [0.2, 0.25) is 0 Å². The van der Waals surface area contributed by atoms with Gasteiger partial charge in [-0.3, -0.25) is 9.58 Å². The minimum absolute atomic E-state index is 0.781. The maximum Gasteiger partial charge on any atom is 0.0843 e. The van der Waals surface area contributed by atoms with E-state index in [2.05, 4.69) is 56.7 Å². The highest BCUT2D eigenvalue weighted by Gasteiger charge is 2.29. The molecule has 1 aliphatic rings. The third-order valence-corrected chi connectivity index (χ3v) is 4.18. The predicted octanol–water partition coefficient (Wildman–Crippen LogP) is 3.42. The van der Waals surface area contributed by atoms with Gasteiger partial charge in [0.25, 0.3) is 0 Å². The van der Waals surface area contributed by atoms with E-state index in [0.717, 1.165) is 31.0 Å². The first-order valence-electron chi connectivity index (χ1n) is 7.08. The Balaban J connectivity index is 1.91. The molecule has 4 heteroatoms. The number of para-hydroxylation sites is 1. The molecule has 0 spiro atoms. The fraction of sp³-hybridized carbons (Fsp3) is 0.533. The first kappa shape index (κ1) is 13.1. The molecule has 0 aliphatic heterocycles. The molecule has 0 radical (unpaired) electrons. The molecule has 0 amide bonds. The van der Waals surface area contributed by atoms with E-state index >= 15 is 0 Å². The Morgan fingerprint density at radius 2 is 2.16 bits per heavy atom. The van der Waals surface area contributed by atoms with Gasteiger partial charge in [-0.05, 0) is 25.8 Å². The van der Waals surface area contributed by atoms with Gasteiger partial charge in [0.1, 0.15) is 0 Å². The molecule has 0 N–H and O–H groups in total. The van der Waals surface area contributed by atoms with E-state index in [1.807, 2.05) is 0 Å². The molecule has 2 aromatic rings. The van der Waals surface area contributed by atoms with Crippen LogP contribution in [0.3, 0.4) is 0 Å². The average Bonchev–Trinajstić information content (AvgIpc) is 3.22. The number of benzene rings is 1. The van der Waals surface area contributed by atoms with Crippen LogP contribution in [0.4, 0.5) is 0 Å². The largest absolute Gasteiger partial charge is 0.294 e. The van der Waals surface area contributed by atoms with Crippen molar-refractivity contribution >= 4 is 26.8 Å². The van der Waals surface area contributed by atoms with Crippen molar-refractivity contribution in [1.29, 1.82) is 0 Å². The van der Waals surface area contributed by atoms with E-state index in [1.54, 1.807) is 0 Å². The molecule has 0 bridgehead atoms. The van der Waals surface area contributed by atoms with E-state index in [1.165, 1.54) is 29.4 Å². The summed E-state index contributed by atoms with van der Waals surface area (Å²) in [7, 11) is 0. The van der Waals surface area contributed by atoms with Gasteiger partial charge in [0.2, 0.25) is 0 Å². The third kappa shape index (κ3) is 2.70. The summed E-state index contributed by atoms with van der Waals surface area (Å²) in [5.41, 5.74) is 2.49. The topological polar surface area (TPSA) is 21.1 Å². The Bertz CT molecular complexity index is 560. The molecular weight excluding hydrogens is 302 g/mol. The number of fused-ring (bicyclic) bond motifs is 1. The lowest BCUT2D eigenvalue weighted by molar-refractivity contribution is 0.269. The second-order valence-electron chi connectivity index (χ2n) is 5.17. The van der Waals surface area contributed by atoms with Crippen molar-refractivity contribution < 1.29 is 0 Å². The smallest absolute Gasteiger partial charge is 0.0843 e. The Labute approximate surface area is 122 Å². The number of halogens is 1. The second kappa shape index (κ2) is 5.63. The second-order valence-corrected chi connectivity index (χ2v) is 5.96. The fourth-order valence-electron chi connectivity index (χ4n) is 2.69. The van der Waals surface area contributed by atoms with Gasteiger partial charge < -0.3 is 0 Å². The molecule has 1 heterocycles. The molecule has 1 fully saturated rings. The van der Waals surface area contributed by atoms with Gasteiger partial charge >= 0.3 is 0 Å². The maximum atomic E-state index is 4.80. The van der Waals surface area contributed by atoms with E-state index in [4.69, 9.17) is 5.10 Å². The van der Waals surface area contributed by atoms with Gasteiger partial charge in [0.05, 0.1) is 11.2 Å².